The van der Waals surface area contributed by atoms with Gasteiger partial charge in [-0.15, -0.1) is 0 Å². The van der Waals surface area contributed by atoms with E-state index in [0.717, 1.165) is 30.5 Å². The van der Waals surface area contributed by atoms with Crippen LogP contribution in [0.3, 0.4) is 0 Å². The molecule has 0 saturated carbocycles. The summed E-state index contributed by atoms with van der Waals surface area (Å²) >= 11 is 0. The number of ether oxygens (including phenoxy) is 2. The second-order valence-corrected chi connectivity index (χ2v) is 9.68. The van der Waals surface area contributed by atoms with Crippen molar-refractivity contribution in [1.29, 1.82) is 5.41 Å². The van der Waals surface area contributed by atoms with Gasteiger partial charge in [0.2, 0.25) is 18.6 Å². The maximum Gasteiger partial charge on any atom is 0.235 e. The number of nitrogens with one attached hydrogen (secondary N) is 1. The van der Waals surface area contributed by atoms with Crippen molar-refractivity contribution in [2.75, 3.05) is 13.3 Å². The second kappa shape index (κ2) is 8.53. The molecule has 6 rings (SSSR count). The van der Waals surface area contributed by atoms with Gasteiger partial charge < -0.3 is 15.2 Å². The topological polar surface area (TPSA) is 109 Å². The first kappa shape index (κ1) is 21.9. The minimum absolute atomic E-state index is 0.00834. The Balaban J connectivity index is 1.37. The van der Waals surface area contributed by atoms with Crippen LogP contribution >= 0.6 is 0 Å². The number of nitrogens with zero attached hydrogens (tertiary/aromatic N) is 2. The maximum atomic E-state index is 14.1. The van der Waals surface area contributed by atoms with Gasteiger partial charge in [-0.2, -0.15) is 0 Å². The molecule has 3 N–H and O–H groups in total. The van der Waals surface area contributed by atoms with Crippen molar-refractivity contribution in [3.8, 4) is 0 Å². The summed E-state index contributed by atoms with van der Waals surface area (Å²) in [5.41, 5.74) is 8.29. The van der Waals surface area contributed by atoms with Crippen LogP contribution in [0.5, 0.6) is 0 Å². The number of imide groups is 1. The highest BCUT2D eigenvalue weighted by atomic mass is 16.7. The Morgan fingerprint density at radius 3 is 2.49 bits per heavy atom. The van der Waals surface area contributed by atoms with Gasteiger partial charge in [0.1, 0.15) is 18.1 Å². The Bertz CT molecular complexity index is 1200. The van der Waals surface area contributed by atoms with Crippen molar-refractivity contribution < 1.29 is 19.1 Å². The van der Waals surface area contributed by atoms with Gasteiger partial charge in [-0.3, -0.25) is 24.8 Å². The van der Waals surface area contributed by atoms with E-state index in [4.69, 9.17) is 20.6 Å². The molecule has 8 heteroatoms. The number of nitrogen functional groups attached to an aromatic ring is 1. The fraction of sp³-hybridized carbons (Fsp3) is 0.370. The average Bonchev–Trinajstić information content (AvgIpc) is 3.64. The summed E-state index contributed by atoms with van der Waals surface area (Å²) < 4.78 is 11.0. The van der Waals surface area contributed by atoms with E-state index in [0.29, 0.717) is 17.7 Å². The lowest BCUT2D eigenvalue weighted by Gasteiger charge is -2.32. The van der Waals surface area contributed by atoms with E-state index >= 15 is 0 Å². The molecule has 0 spiro atoms. The lowest BCUT2D eigenvalue weighted by molar-refractivity contribution is -0.144. The molecule has 5 atom stereocenters. The Labute approximate surface area is 203 Å². The summed E-state index contributed by atoms with van der Waals surface area (Å²) in [7, 11) is 0. The Hall–Kier alpha value is -3.65. The SMILES string of the molecule is N=C(N)c1ccc(C2C3C(=O)N(C(Cc4ccccc4)C4=COCO4)C(=O)C3C3CCCN32)cc1. The van der Waals surface area contributed by atoms with Crippen LogP contribution in [0.15, 0.2) is 66.6 Å². The zero-order valence-corrected chi connectivity index (χ0v) is 19.3. The summed E-state index contributed by atoms with van der Waals surface area (Å²) in [6, 6.07) is 16.7. The predicted octanol–water partition coefficient (Wildman–Crippen LogP) is 2.55. The summed E-state index contributed by atoms with van der Waals surface area (Å²) in [5.74, 6) is -0.555. The first-order valence-electron chi connectivity index (χ1n) is 12.1. The van der Waals surface area contributed by atoms with Gasteiger partial charge in [0.05, 0.1) is 11.8 Å². The third kappa shape index (κ3) is 3.51. The van der Waals surface area contributed by atoms with E-state index in [-0.39, 0.29) is 42.4 Å². The van der Waals surface area contributed by atoms with Crippen molar-refractivity contribution in [2.24, 2.45) is 17.6 Å². The number of carbonyl (C=O) groups excluding carboxylic acids is 2. The number of carbonyl (C=O) groups is 2. The predicted molar refractivity (Wildman–Crippen MR) is 128 cm³/mol. The lowest BCUT2D eigenvalue weighted by Crippen LogP contribution is -2.46. The quantitative estimate of drug-likeness (QED) is 0.380. The van der Waals surface area contributed by atoms with Crippen LogP contribution in [0.4, 0.5) is 0 Å². The Kier molecular flexibility index (Phi) is 5.33. The number of likely N-dealkylation sites (tertiary alicyclic amines) is 1. The fourth-order valence-corrected chi connectivity index (χ4v) is 6.37. The first-order valence-corrected chi connectivity index (χ1v) is 12.1. The number of hydrogen-bond donors (Lipinski definition) is 2. The van der Waals surface area contributed by atoms with Crippen LogP contribution in [-0.2, 0) is 25.5 Å². The van der Waals surface area contributed by atoms with E-state index in [1.807, 2.05) is 54.6 Å². The molecular formula is C27H28N4O4. The smallest absolute Gasteiger partial charge is 0.235 e. The number of nitrogens with two attached hydrogens (primary N) is 1. The molecule has 5 unspecified atom stereocenters. The van der Waals surface area contributed by atoms with Crippen LogP contribution in [0.25, 0.3) is 0 Å². The normalized spacial score (nSPS) is 28.3. The Morgan fingerprint density at radius 2 is 1.80 bits per heavy atom. The van der Waals surface area contributed by atoms with Gasteiger partial charge in [0.25, 0.3) is 0 Å². The standard InChI is InChI=1S/C27H28N4O4/c28-25(29)18-10-8-17(9-11-18)24-23-22(19-7-4-12-30(19)24)26(32)31(27(23)33)20(21-14-34-15-35-21)13-16-5-2-1-3-6-16/h1-3,5-6,8-11,14,19-20,22-24H,4,7,12-13,15H2,(H3,28,29). The molecule has 4 aliphatic heterocycles. The van der Waals surface area contributed by atoms with Gasteiger partial charge in [0.15, 0.2) is 5.76 Å². The van der Waals surface area contributed by atoms with Crippen LogP contribution in [0, 0.1) is 17.2 Å². The maximum absolute atomic E-state index is 14.1. The molecule has 2 aromatic carbocycles. The molecule has 2 aromatic rings. The van der Waals surface area contributed by atoms with Gasteiger partial charge in [-0.25, -0.2) is 0 Å². The summed E-state index contributed by atoms with van der Waals surface area (Å²) in [5, 5.41) is 7.69. The summed E-state index contributed by atoms with van der Waals surface area (Å²) in [6.07, 6.45) is 3.91. The van der Waals surface area contributed by atoms with Gasteiger partial charge in [0, 0.05) is 24.1 Å². The zero-order chi connectivity index (χ0) is 24.1. The highest BCUT2D eigenvalue weighted by molar-refractivity contribution is 6.07. The first-order chi connectivity index (χ1) is 17.0. The third-order valence-corrected chi connectivity index (χ3v) is 7.85. The number of amidine groups is 1. The minimum atomic E-state index is -0.541. The molecule has 4 heterocycles. The van der Waals surface area contributed by atoms with E-state index in [1.54, 1.807) is 0 Å². The molecule has 180 valence electrons. The van der Waals surface area contributed by atoms with E-state index < -0.39 is 12.0 Å². The molecule has 0 aliphatic carbocycles. The number of fused-ring (bicyclic) bond motifs is 3. The van der Waals surface area contributed by atoms with E-state index in [1.165, 1.54) is 11.2 Å². The lowest BCUT2D eigenvalue weighted by atomic mass is 9.85. The van der Waals surface area contributed by atoms with Crippen LogP contribution in [0.2, 0.25) is 0 Å². The third-order valence-electron chi connectivity index (χ3n) is 7.85. The fourth-order valence-electron chi connectivity index (χ4n) is 6.37. The van der Waals surface area contributed by atoms with Crippen molar-refractivity contribution in [3.05, 3.63) is 83.3 Å². The van der Waals surface area contributed by atoms with E-state index in [2.05, 4.69) is 4.90 Å². The summed E-state index contributed by atoms with van der Waals surface area (Å²) in [6.45, 7) is 0.956. The highest BCUT2D eigenvalue weighted by Crippen LogP contribution is 2.53. The van der Waals surface area contributed by atoms with Crippen molar-refractivity contribution >= 4 is 17.6 Å². The van der Waals surface area contributed by atoms with Crippen LogP contribution in [0.1, 0.15) is 35.6 Å². The summed E-state index contributed by atoms with van der Waals surface area (Å²) in [4.78, 5) is 31.8. The molecule has 0 radical (unpaired) electrons. The Morgan fingerprint density at radius 1 is 1.06 bits per heavy atom. The molecule has 2 amide bonds. The molecule has 0 bridgehead atoms. The monoisotopic (exact) mass is 472 g/mol. The van der Waals surface area contributed by atoms with Crippen LogP contribution < -0.4 is 5.73 Å². The number of rotatable bonds is 6. The molecule has 4 aliphatic rings. The average molecular weight is 473 g/mol. The number of hydrogen-bond acceptors (Lipinski definition) is 6. The number of benzene rings is 2. The van der Waals surface area contributed by atoms with Crippen LogP contribution in [-0.4, -0.2) is 52.9 Å². The molecular weight excluding hydrogens is 444 g/mol. The van der Waals surface area contributed by atoms with Crippen molar-refractivity contribution in [3.63, 3.8) is 0 Å². The molecule has 8 nitrogen and oxygen atoms in total. The van der Waals surface area contributed by atoms with Crippen molar-refractivity contribution in [2.45, 2.75) is 37.4 Å². The number of amides is 2. The van der Waals surface area contributed by atoms with Gasteiger partial charge >= 0.3 is 0 Å². The van der Waals surface area contributed by atoms with Crippen molar-refractivity contribution in [1.82, 2.24) is 9.80 Å². The van der Waals surface area contributed by atoms with Gasteiger partial charge in [-0.05, 0) is 30.5 Å². The second-order valence-electron chi connectivity index (χ2n) is 9.68. The highest BCUT2D eigenvalue weighted by Gasteiger charge is 2.64. The molecule has 35 heavy (non-hydrogen) atoms. The van der Waals surface area contributed by atoms with E-state index in [9.17, 15) is 9.59 Å². The zero-order valence-electron chi connectivity index (χ0n) is 19.3. The molecule has 0 aromatic heterocycles. The molecule has 3 fully saturated rings. The minimum Gasteiger partial charge on any atom is -0.462 e. The largest absolute Gasteiger partial charge is 0.462 e. The molecule has 3 saturated heterocycles. The van der Waals surface area contributed by atoms with Gasteiger partial charge in [-0.1, -0.05) is 54.6 Å².